The van der Waals surface area contributed by atoms with E-state index < -0.39 is 0 Å². The predicted octanol–water partition coefficient (Wildman–Crippen LogP) is 3.60. The molecule has 0 aliphatic rings. The minimum atomic E-state index is 0.296. The highest BCUT2D eigenvalue weighted by Gasteiger charge is 2.12. The first-order chi connectivity index (χ1) is 5.99. The molecule has 13 heavy (non-hydrogen) atoms. The van der Waals surface area contributed by atoms with Crippen LogP contribution in [0, 0.1) is 0 Å². The Morgan fingerprint density at radius 1 is 1.38 bits per heavy atom. The molecular weight excluding hydrogens is 317 g/mol. The lowest BCUT2D eigenvalue weighted by Gasteiger charge is -2.17. The van der Waals surface area contributed by atoms with Crippen molar-refractivity contribution >= 4 is 52.2 Å². The standard InChI is InChI=1S/C8H16INOS2/c1-8(2,3)13-6-7(5-12-4)10-11-9/h5-6H2,1-4H3/b10-7-. The van der Waals surface area contributed by atoms with Crippen molar-refractivity contribution in [2.45, 2.75) is 25.5 Å². The van der Waals surface area contributed by atoms with Crippen LogP contribution in [-0.2, 0) is 3.17 Å². The van der Waals surface area contributed by atoms with E-state index >= 15 is 0 Å². The highest BCUT2D eigenvalue weighted by Crippen LogP contribution is 2.23. The van der Waals surface area contributed by atoms with Crippen molar-refractivity contribution in [2.24, 2.45) is 5.16 Å². The third-order valence-electron chi connectivity index (χ3n) is 1.15. The summed E-state index contributed by atoms with van der Waals surface area (Å²) >= 11 is 5.46. The Labute approximate surface area is 103 Å². The first-order valence-electron chi connectivity index (χ1n) is 3.96. The predicted molar refractivity (Wildman–Crippen MR) is 73.1 cm³/mol. The summed E-state index contributed by atoms with van der Waals surface area (Å²) in [7, 11) is 0. The Morgan fingerprint density at radius 2 is 2.00 bits per heavy atom. The van der Waals surface area contributed by atoms with Crippen molar-refractivity contribution in [2.75, 3.05) is 17.8 Å². The van der Waals surface area contributed by atoms with Crippen LogP contribution < -0.4 is 0 Å². The molecule has 0 saturated heterocycles. The van der Waals surface area contributed by atoms with Gasteiger partial charge in [0.05, 0.1) is 5.71 Å². The summed E-state index contributed by atoms with van der Waals surface area (Å²) in [5, 5.41) is 3.98. The van der Waals surface area contributed by atoms with Crippen molar-refractivity contribution < 1.29 is 3.17 Å². The monoisotopic (exact) mass is 333 g/mol. The van der Waals surface area contributed by atoms with E-state index in [9.17, 15) is 0 Å². The molecule has 0 aromatic heterocycles. The van der Waals surface area contributed by atoms with Gasteiger partial charge in [-0.05, 0) is 6.26 Å². The fourth-order valence-electron chi connectivity index (χ4n) is 0.610. The van der Waals surface area contributed by atoms with Gasteiger partial charge < -0.3 is 3.17 Å². The van der Waals surface area contributed by atoms with Crippen molar-refractivity contribution in [3.63, 3.8) is 0 Å². The normalized spacial score (nSPS) is 13.2. The lowest BCUT2D eigenvalue weighted by molar-refractivity contribution is 0.464. The van der Waals surface area contributed by atoms with E-state index in [0.717, 1.165) is 17.2 Å². The van der Waals surface area contributed by atoms with Gasteiger partial charge in [-0.1, -0.05) is 25.9 Å². The Kier molecular flexibility index (Phi) is 7.73. The molecule has 0 atom stereocenters. The molecule has 2 nitrogen and oxygen atoms in total. The van der Waals surface area contributed by atoms with Crippen molar-refractivity contribution in [1.82, 2.24) is 0 Å². The maximum atomic E-state index is 4.75. The summed E-state index contributed by atoms with van der Waals surface area (Å²) < 4.78 is 5.05. The molecule has 0 saturated carbocycles. The van der Waals surface area contributed by atoms with Crippen LogP contribution in [0.15, 0.2) is 5.16 Å². The average Bonchev–Trinajstić information content (AvgIpc) is 2.00. The van der Waals surface area contributed by atoms with Crippen LogP contribution in [0.1, 0.15) is 20.8 Å². The van der Waals surface area contributed by atoms with Crippen molar-refractivity contribution in [1.29, 1.82) is 0 Å². The second kappa shape index (κ2) is 7.23. The molecule has 0 aromatic rings. The van der Waals surface area contributed by atoms with Gasteiger partial charge >= 0.3 is 0 Å². The molecule has 0 fully saturated rings. The molecule has 0 amide bonds. The highest BCUT2D eigenvalue weighted by molar-refractivity contribution is 14.1. The molecule has 0 N–H and O–H groups in total. The van der Waals surface area contributed by atoms with E-state index in [2.05, 4.69) is 32.2 Å². The minimum absolute atomic E-state index is 0.296. The fourth-order valence-corrected chi connectivity index (χ4v) is 2.26. The SMILES string of the molecule is CSC/C(CSC(C)(C)C)=N/OI. The van der Waals surface area contributed by atoms with Crippen LogP contribution in [0.3, 0.4) is 0 Å². The topological polar surface area (TPSA) is 21.6 Å². The van der Waals surface area contributed by atoms with Crippen molar-refractivity contribution in [3.05, 3.63) is 0 Å². The first-order valence-corrected chi connectivity index (χ1v) is 7.22. The highest BCUT2D eigenvalue weighted by atomic mass is 127. The molecule has 0 rings (SSSR count). The first kappa shape index (κ1) is 13.9. The quantitative estimate of drug-likeness (QED) is 0.436. The zero-order valence-corrected chi connectivity index (χ0v) is 12.3. The Bertz CT molecular complexity index is 168. The summed E-state index contributed by atoms with van der Waals surface area (Å²) in [6.45, 7) is 6.62. The van der Waals surface area contributed by atoms with E-state index in [1.807, 2.05) is 11.8 Å². The smallest absolute Gasteiger partial charge is 0.230 e. The molecule has 0 aromatic carbocycles. The molecule has 0 spiro atoms. The molecule has 0 bridgehead atoms. The molecule has 0 aliphatic carbocycles. The minimum Gasteiger partial charge on any atom is -0.327 e. The number of halogens is 1. The van der Waals surface area contributed by atoms with Gasteiger partial charge in [-0.25, -0.2) is 0 Å². The second-order valence-corrected chi connectivity index (χ2v) is 6.62. The summed E-state index contributed by atoms with van der Waals surface area (Å²) in [6.07, 6.45) is 2.07. The van der Waals surface area contributed by atoms with Crippen LogP contribution in [0.25, 0.3) is 0 Å². The van der Waals surface area contributed by atoms with E-state index in [4.69, 9.17) is 3.17 Å². The van der Waals surface area contributed by atoms with Gasteiger partial charge in [0, 0.05) is 16.3 Å². The van der Waals surface area contributed by atoms with Gasteiger partial charge in [0.15, 0.2) is 0 Å². The number of hydrogen-bond donors (Lipinski definition) is 0. The fraction of sp³-hybridized carbons (Fsp3) is 0.875. The Hall–Kier alpha value is 0.900. The third-order valence-corrected chi connectivity index (χ3v) is 3.31. The van der Waals surface area contributed by atoms with Crippen LogP contribution >= 0.6 is 46.5 Å². The zero-order chi connectivity index (χ0) is 10.3. The largest absolute Gasteiger partial charge is 0.327 e. The number of oxime groups is 1. The molecule has 5 heteroatoms. The lowest BCUT2D eigenvalue weighted by atomic mass is 10.3. The number of rotatable bonds is 5. The Balaban J connectivity index is 3.90. The van der Waals surface area contributed by atoms with Gasteiger partial charge in [0.2, 0.25) is 23.0 Å². The number of thioether (sulfide) groups is 2. The van der Waals surface area contributed by atoms with E-state index in [1.165, 1.54) is 0 Å². The van der Waals surface area contributed by atoms with Crippen LogP contribution in [0.5, 0.6) is 0 Å². The molecule has 78 valence electrons. The third kappa shape index (κ3) is 9.21. The summed E-state index contributed by atoms with van der Waals surface area (Å²) in [6, 6.07) is 0. The molecule has 0 heterocycles. The Morgan fingerprint density at radius 3 is 2.38 bits per heavy atom. The number of nitrogens with zero attached hydrogens (tertiary/aromatic N) is 1. The second-order valence-electron chi connectivity index (χ2n) is 3.56. The van der Waals surface area contributed by atoms with Crippen LogP contribution in [0.4, 0.5) is 0 Å². The molecule has 0 unspecified atom stereocenters. The average molecular weight is 333 g/mol. The summed E-state index contributed by atoms with van der Waals surface area (Å²) in [5.74, 6) is 1.90. The summed E-state index contributed by atoms with van der Waals surface area (Å²) in [4.78, 5) is 0. The van der Waals surface area contributed by atoms with Gasteiger partial charge in [-0.3, -0.25) is 0 Å². The molecule has 0 radical (unpaired) electrons. The van der Waals surface area contributed by atoms with Crippen LogP contribution in [-0.4, -0.2) is 28.2 Å². The zero-order valence-electron chi connectivity index (χ0n) is 8.46. The van der Waals surface area contributed by atoms with Gasteiger partial charge in [-0.15, -0.1) is 11.8 Å². The maximum Gasteiger partial charge on any atom is 0.230 e. The molecule has 0 aliphatic heterocycles. The van der Waals surface area contributed by atoms with E-state index in [0.29, 0.717) is 4.75 Å². The molecular formula is C8H16INOS2. The van der Waals surface area contributed by atoms with Gasteiger partial charge in [0.1, 0.15) is 0 Å². The van der Waals surface area contributed by atoms with E-state index in [-0.39, 0.29) is 0 Å². The van der Waals surface area contributed by atoms with Gasteiger partial charge in [-0.2, -0.15) is 11.8 Å². The lowest BCUT2D eigenvalue weighted by Crippen LogP contribution is -2.14. The summed E-state index contributed by atoms with van der Waals surface area (Å²) in [5.41, 5.74) is 1.11. The maximum absolute atomic E-state index is 4.75. The number of hydrogen-bond acceptors (Lipinski definition) is 4. The van der Waals surface area contributed by atoms with Crippen molar-refractivity contribution in [3.8, 4) is 0 Å². The van der Waals surface area contributed by atoms with Crippen LogP contribution in [0.2, 0.25) is 0 Å². The van der Waals surface area contributed by atoms with Gasteiger partial charge in [0.25, 0.3) is 0 Å². The van der Waals surface area contributed by atoms with E-state index in [1.54, 1.807) is 34.8 Å².